The molecule has 0 radical (unpaired) electrons. The molecule has 3 aromatic carbocycles. The number of aryl methyl sites for hydroxylation is 1. The van der Waals surface area contributed by atoms with Crippen LogP contribution in [0.25, 0.3) is 10.8 Å². The summed E-state index contributed by atoms with van der Waals surface area (Å²) in [4.78, 5) is 9.19. The van der Waals surface area contributed by atoms with Crippen LogP contribution in [0.4, 0.5) is 0 Å². The van der Waals surface area contributed by atoms with Crippen LogP contribution in [-0.4, -0.2) is 36.9 Å². The van der Waals surface area contributed by atoms with Crippen molar-refractivity contribution in [3.05, 3.63) is 77.4 Å². The van der Waals surface area contributed by atoms with Crippen LogP contribution in [0.15, 0.2) is 65.8 Å². The topological polar surface area (TPSA) is 34.1 Å². The van der Waals surface area contributed by atoms with E-state index in [0.29, 0.717) is 5.92 Å². The Hall–Kier alpha value is -2.85. The third-order valence-electron chi connectivity index (χ3n) is 8.62. The van der Waals surface area contributed by atoms with Crippen molar-refractivity contribution in [1.82, 2.24) is 4.90 Å². The van der Waals surface area contributed by atoms with Crippen molar-refractivity contribution < 1.29 is 9.57 Å². The minimum Gasteiger partial charge on any atom is -0.497 e. The van der Waals surface area contributed by atoms with E-state index in [0.717, 1.165) is 43.3 Å². The largest absolute Gasteiger partial charge is 0.497 e. The van der Waals surface area contributed by atoms with Gasteiger partial charge in [-0.1, -0.05) is 60.5 Å². The zero-order chi connectivity index (χ0) is 24.3. The van der Waals surface area contributed by atoms with Crippen molar-refractivity contribution in [2.24, 2.45) is 11.1 Å². The van der Waals surface area contributed by atoms with Crippen LogP contribution in [0, 0.1) is 5.92 Å². The number of fused-ring (bicyclic) bond motifs is 2. The Labute approximate surface area is 215 Å². The third kappa shape index (κ3) is 4.88. The number of methoxy groups -OCH3 is 1. The summed E-state index contributed by atoms with van der Waals surface area (Å²) in [6.45, 7) is 2.32. The molecule has 2 atom stereocenters. The lowest BCUT2D eigenvalue weighted by atomic mass is 9.87. The molecule has 2 unspecified atom stereocenters. The molecule has 1 heterocycles. The van der Waals surface area contributed by atoms with Gasteiger partial charge in [-0.3, -0.25) is 4.90 Å². The summed E-state index contributed by atoms with van der Waals surface area (Å²) in [5, 5.41) is 7.41. The maximum absolute atomic E-state index is 6.44. The van der Waals surface area contributed by atoms with Crippen LogP contribution in [-0.2, 0) is 11.3 Å². The normalized spacial score (nSPS) is 23.5. The number of benzene rings is 3. The van der Waals surface area contributed by atoms with Gasteiger partial charge in [0.15, 0.2) is 6.10 Å². The van der Waals surface area contributed by atoms with Crippen molar-refractivity contribution in [2.45, 2.75) is 69.9 Å². The van der Waals surface area contributed by atoms with E-state index >= 15 is 0 Å². The fourth-order valence-corrected chi connectivity index (χ4v) is 6.64. The summed E-state index contributed by atoms with van der Waals surface area (Å²) in [5.74, 6) is 1.29. The lowest BCUT2D eigenvalue weighted by Crippen LogP contribution is -2.43. The molecule has 1 saturated carbocycles. The van der Waals surface area contributed by atoms with Crippen LogP contribution in [0.5, 0.6) is 5.75 Å². The number of rotatable bonds is 6. The van der Waals surface area contributed by atoms with Crippen molar-refractivity contribution in [2.75, 3.05) is 20.2 Å². The second-order valence-electron chi connectivity index (χ2n) is 10.9. The second-order valence-corrected chi connectivity index (χ2v) is 10.9. The average molecular weight is 483 g/mol. The van der Waals surface area contributed by atoms with E-state index in [1.165, 1.54) is 72.5 Å². The molecular formula is C32H38N2O2. The second kappa shape index (κ2) is 10.6. The first-order valence-electron chi connectivity index (χ1n) is 13.9. The van der Waals surface area contributed by atoms with Crippen LogP contribution in [0.1, 0.15) is 74.2 Å². The van der Waals surface area contributed by atoms with Gasteiger partial charge in [-0.2, -0.15) is 0 Å². The van der Waals surface area contributed by atoms with Gasteiger partial charge in [0.2, 0.25) is 0 Å². The van der Waals surface area contributed by atoms with Crippen molar-refractivity contribution in [1.29, 1.82) is 0 Å². The minimum absolute atomic E-state index is 0.0455. The summed E-state index contributed by atoms with van der Waals surface area (Å²) in [5.41, 5.74) is 5.04. The summed E-state index contributed by atoms with van der Waals surface area (Å²) < 4.78 is 5.44. The van der Waals surface area contributed by atoms with E-state index in [1.807, 2.05) is 6.07 Å². The Bertz CT molecular complexity index is 1230. The molecule has 1 saturated heterocycles. The van der Waals surface area contributed by atoms with E-state index in [4.69, 9.17) is 14.7 Å². The summed E-state index contributed by atoms with van der Waals surface area (Å²) in [6, 6.07) is 22.5. The quantitative estimate of drug-likeness (QED) is 0.273. The van der Waals surface area contributed by atoms with E-state index in [9.17, 15) is 0 Å². The molecule has 0 N–H and O–H groups in total. The van der Waals surface area contributed by atoms with Gasteiger partial charge >= 0.3 is 0 Å². The highest BCUT2D eigenvalue weighted by Crippen LogP contribution is 2.34. The monoisotopic (exact) mass is 482 g/mol. The number of hydrogen-bond donors (Lipinski definition) is 0. The van der Waals surface area contributed by atoms with E-state index < -0.39 is 0 Å². The van der Waals surface area contributed by atoms with Crippen molar-refractivity contribution in [3.63, 3.8) is 0 Å². The van der Waals surface area contributed by atoms with Gasteiger partial charge in [-0.25, -0.2) is 0 Å². The fraction of sp³-hybridized carbons (Fsp3) is 0.469. The Kier molecular flexibility index (Phi) is 6.96. The first kappa shape index (κ1) is 23.5. The first-order valence-corrected chi connectivity index (χ1v) is 13.9. The summed E-state index contributed by atoms with van der Waals surface area (Å²) in [7, 11) is 1.72. The Morgan fingerprint density at radius 2 is 1.69 bits per heavy atom. The minimum atomic E-state index is 0.0455. The Balaban J connectivity index is 1.33. The molecule has 0 spiro atoms. The average Bonchev–Trinajstić information content (AvgIpc) is 3.48. The number of hydrogen-bond acceptors (Lipinski definition) is 4. The molecule has 0 amide bonds. The molecule has 4 heteroatoms. The van der Waals surface area contributed by atoms with Crippen LogP contribution < -0.4 is 4.74 Å². The lowest BCUT2D eigenvalue weighted by molar-refractivity contribution is 0.0438. The smallest absolute Gasteiger partial charge is 0.152 e. The summed E-state index contributed by atoms with van der Waals surface area (Å²) >= 11 is 0. The highest BCUT2D eigenvalue weighted by molar-refractivity contribution is 6.05. The highest BCUT2D eigenvalue weighted by atomic mass is 16.6. The summed E-state index contributed by atoms with van der Waals surface area (Å²) in [6.07, 6.45) is 11.2. The molecule has 2 aliphatic carbocycles. The maximum atomic E-state index is 6.44. The van der Waals surface area contributed by atoms with Crippen molar-refractivity contribution in [3.8, 4) is 5.75 Å². The highest BCUT2D eigenvalue weighted by Gasteiger charge is 2.31. The molecule has 3 aliphatic rings. The molecule has 0 aromatic heterocycles. The standard InChI is InChI=1S/C32H38N2O2/c1-35-29-18-17-24-20-26(16-15-25(24)21-29)32(27-10-7-19-34(22-27)28-11-3-4-12-28)33-36-31-14-6-9-23-8-2-5-13-30(23)31/h2,5,8,13,15-18,20-21,27-28,31H,3-4,6-7,9-12,14,19,22H2,1H3/b33-32-. The molecule has 188 valence electrons. The van der Waals surface area contributed by atoms with Gasteiger partial charge in [-0.15, -0.1) is 0 Å². The molecule has 36 heavy (non-hydrogen) atoms. The van der Waals surface area contributed by atoms with Crippen molar-refractivity contribution >= 4 is 16.5 Å². The third-order valence-corrected chi connectivity index (χ3v) is 8.62. The number of likely N-dealkylation sites (tertiary alicyclic amines) is 1. The predicted octanol–water partition coefficient (Wildman–Crippen LogP) is 7.30. The zero-order valence-corrected chi connectivity index (χ0v) is 21.5. The number of nitrogens with zero attached hydrogens (tertiary/aromatic N) is 2. The van der Waals surface area contributed by atoms with Gasteiger partial charge < -0.3 is 9.57 Å². The van der Waals surface area contributed by atoms with Gasteiger partial charge in [-0.05, 0) is 91.6 Å². The lowest BCUT2D eigenvalue weighted by Gasteiger charge is -2.37. The molecule has 6 rings (SSSR count). The Morgan fingerprint density at radius 1 is 0.861 bits per heavy atom. The molecular weight excluding hydrogens is 444 g/mol. The van der Waals surface area contributed by atoms with Crippen LogP contribution in [0.2, 0.25) is 0 Å². The van der Waals surface area contributed by atoms with Gasteiger partial charge in [0.05, 0.1) is 12.8 Å². The van der Waals surface area contributed by atoms with Crippen LogP contribution >= 0.6 is 0 Å². The SMILES string of the molecule is COc1ccc2cc(/C(=N/OC3CCCc4ccccc43)C3CCCN(C4CCCC4)C3)ccc2c1. The predicted molar refractivity (Wildman–Crippen MR) is 147 cm³/mol. The zero-order valence-electron chi connectivity index (χ0n) is 21.5. The first-order chi connectivity index (χ1) is 17.8. The molecule has 2 fully saturated rings. The van der Waals surface area contributed by atoms with E-state index in [2.05, 4.69) is 59.5 Å². The molecule has 4 nitrogen and oxygen atoms in total. The van der Waals surface area contributed by atoms with E-state index in [-0.39, 0.29) is 6.10 Å². The number of oxime groups is 1. The molecule has 3 aromatic rings. The number of piperidine rings is 1. The van der Waals surface area contributed by atoms with E-state index in [1.54, 1.807) is 7.11 Å². The maximum Gasteiger partial charge on any atom is 0.152 e. The Morgan fingerprint density at radius 3 is 2.58 bits per heavy atom. The van der Waals surface area contributed by atoms with Gasteiger partial charge in [0, 0.05) is 24.1 Å². The van der Waals surface area contributed by atoms with Crippen LogP contribution in [0.3, 0.4) is 0 Å². The van der Waals surface area contributed by atoms with Gasteiger partial charge in [0.25, 0.3) is 0 Å². The molecule has 0 bridgehead atoms. The number of ether oxygens (including phenoxy) is 1. The molecule has 1 aliphatic heterocycles. The van der Waals surface area contributed by atoms with Gasteiger partial charge in [0.1, 0.15) is 5.75 Å². The fourth-order valence-electron chi connectivity index (χ4n) is 6.64.